The summed E-state index contributed by atoms with van der Waals surface area (Å²) in [7, 11) is 0. The van der Waals surface area contributed by atoms with E-state index in [-0.39, 0.29) is 29.6 Å². The summed E-state index contributed by atoms with van der Waals surface area (Å²) in [6, 6.07) is 3.01. The summed E-state index contributed by atoms with van der Waals surface area (Å²) in [6.45, 7) is 2.57. The molecule has 2 N–H and O–H groups in total. The molecule has 7 nitrogen and oxygen atoms in total. The Balaban J connectivity index is 2.83. The molecule has 1 unspecified atom stereocenters. The second-order valence-corrected chi connectivity index (χ2v) is 4.13. The highest BCUT2D eigenvalue weighted by Crippen LogP contribution is 2.23. The lowest BCUT2D eigenvalue weighted by Crippen LogP contribution is -2.16. The molecule has 0 amide bonds. The van der Waals surface area contributed by atoms with Gasteiger partial charge in [-0.25, -0.2) is 4.98 Å². The molecule has 0 saturated heterocycles. The van der Waals surface area contributed by atoms with Gasteiger partial charge < -0.3 is 10.4 Å². The number of rotatable bonds is 7. The van der Waals surface area contributed by atoms with Crippen LogP contribution in [-0.4, -0.2) is 28.2 Å². The molecule has 102 valence electrons. The summed E-state index contributed by atoms with van der Waals surface area (Å²) in [5.41, 5.74) is -0.0578. The Kier molecular flexibility index (Phi) is 5.70. The first-order valence-electron chi connectivity index (χ1n) is 6.01. The SMILES string of the molecule is CCC(CCO)CNc1ncc(C#N)cc1[N+](=O)[O-]. The average molecular weight is 264 g/mol. The number of aliphatic hydroxyl groups excluding tert-OH is 1. The second kappa shape index (κ2) is 7.28. The van der Waals surface area contributed by atoms with Gasteiger partial charge in [0.25, 0.3) is 0 Å². The van der Waals surface area contributed by atoms with Gasteiger partial charge in [-0.2, -0.15) is 5.26 Å². The molecule has 1 rings (SSSR count). The maximum absolute atomic E-state index is 10.9. The molecule has 0 aliphatic rings. The van der Waals surface area contributed by atoms with Gasteiger partial charge in [0.15, 0.2) is 0 Å². The third-order valence-electron chi connectivity index (χ3n) is 2.87. The van der Waals surface area contributed by atoms with E-state index in [1.807, 2.05) is 13.0 Å². The third kappa shape index (κ3) is 4.19. The number of pyridine rings is 1. The van der Waals surface area contributed by atoms with E-state index < -0.39 is 4.92 Å². The minimum atomic E-state index is -0.566. The Morgan fingerprint density at radius 3 is 2.95 bits per heavy atom. The van der Waals surface area contributed by atoms with Crippen LogP contribution in [0.1, 0.15) is 25.3 Å². The van der Waals surface area contributed by atoms with E-state index in [2.05, 4.69) is 10.3 Å². The van der Waals surface area contributed by atoms with Crippen LogP contribution in [0.3, 0.4) is 0 Å². The molecular formula is C12H16N4O3. The molecule has 1 aromatic heterocycles. The first-order valence-corrected chi connectivity index (χ1v) is 6.01. The number of hydrogen-bond acceptors (Lipinski definition) is 6. The maximum atomic E-state index is 10.9. The molecule has 0 aromatic carbocycles. The molecule has 0 radical (unpaired) electrons. The van der Waals surface area contributed by atoms with E-state index in [0.29, 0.717) is 13.0 Å². The Labute approximate surface area is 111 Å². The predicted molar refractivity (Wildman–Crippen MR) is 69.6 cm³/mol. The van der Waals surface area contributed by atoms with Crippen molar-refractivity contribution < 1.29 is 10.0 Å². The number of anilines is 1. The number of nitrogens with zero attached hydrogens (tertiary/aromatic N) is 3. The Hall–Kier alpha value is -2.20. The van der Waals surface area contributed by atoms with Crippen LogP contribution in [0.4, 0.5) is 11.5 Å². The van der Waals surface area contributed by atoms with Gasteiger partial charge in [0.2, 0.25) is 5.82 Å². The van der Waals surface area contributed by atoms with Crippen molar-refractivity contribution >= 4 is 11.5 Å². The molecule has 1 aromatic rings. The van der Waals surface area contributed by atoms with Crippen LogP contribution in [0, 0.1) is 27.4 Å². The molecule has 1 heterocycles. The summed E-state index contributed by atoms with van der Waals surface area (Å²) in [5.74, 6) is 0.377. The Morgan fingerprint density at radius 1 is 1.68 bits per heavy atom. The van der Waals surface area contributed by atoms with Crippen LogP contribution in [-0.2, 0) is 0 Å². The number of aliphatic hydroxyl groups is 1. The molecule has 7 heteroatoms. The van der Waals surface area contributed by atoms with Gasteiger partial charge >= 0.3 is 5.69 Å². The molecular weight excluding hydrogens is 248 g/mol. The van der Waals surface area contributed by atoms with Crippen molar-refractivity contribution in [1.29, 1.82) is 5.26 Å². The van der Waals surface area contributed by atoms with E-state index in [4.69, 9.17) is 10.4 Å². The van der Waals surface area contributed by atoms with Crippen LogP contribution >= 0.6 is 0 Å². The average Bonchev–Trinajstić information content (AvgIpc) is 2.43. The van der Waals surface area contributed by atoms with Gasteiger partial charge in [0, 0.05) is 25.4 Å². The van der Waals surface area contributed by atoms with Crippen molar-refractivity contribution in [2.45, 2.75) is 19.8 Å². The number of hydrogen-bond donors (Lipinski definition) is 2. The Morgan fingerprint density at radius 2 is 2.42 bits per heavy atom. The van der Waals surface area contributed by atoms with Gasteiger partial charge in [-0.1, -0.05) is 13.3 Å². The fraction of sp³-hybridized carbons (Fsp3) is 0.500. The molecule has 0 bridgehead atoms. The summed E-state index contributed by atoms with van der Waals surface area (Å²) >= 11 is 0. The Bertz CT molecular complexity index is 484. The van der Waals surface area contributed by atoms with Gasteiger partial charge in [-0.15, -0.1) is 0 Å². The first-order chi connectivity index (χ1) is 9.12. The first kappa shape index (κ1) is 14.9. The van der Waals surface area contributed by atoms with E-state index in [1.165, 1.54) is 12.3 Å². The third-order valence-corrected chi connectivity index (χ3v) is 2.87. The predicted octanol–water partition coefficient (Wildman–Crippen LogP) is 1.68. The lowest BCUT2D eigenvalue weighted by molar-refractivity contribution is -0.384. The second-order valence-electron chi connectivity index (χ2n) is 4.13. The lowest BCUT2D eigenvalue weighted by atomic mass is 10.0. The molecule has 0 aliphatic heterocycles. The van der Waals surface area contributed by atoms with E-state index in [0.717, 1.165) is 6.42 Å². The summed E-state index contributed by atoms with van der Waals surface area (Å²) in [6.07, 6.45) is 2.79. The standard InChI is InChI=1S/C12H16N4O3/c1-2-9(3-4-17)7-14-12-11(16(18)19)5-10(6-13)8-15-12/h5,8-9,17H,2-4,7H2,1H3,(H,14,15). The van der Waals surface area contributed by atoms with E-state index >= 15 is 0 Å². The van der Waals surface area contributed by atoms with Crippen LogP contribution < -0.4 is 5.32 Å². The number of nitriles is 1. The monoisotopic (exact) mass is 264 g/mol. The van der Waals surface area contributed by atoms with Crippen molar-refractivity contribution in [3.8, 4) is 6.07 Å². The fourth-order valence-electron chi connectivity index (χ4n) is 1.66. The van der Waals surface area contributed by atoms with E-state index in [9.17, 15) is 10.1 Å². The molecule has 0 spiro atoms. The quantitative estimate of drug-likeness (QED) is 0.572. The van der Waals surface area contributed by atoms with Crippen molar-refractivity contribution in [2.24, 2.45) is 5.92 Å². The van der Waals surface area contributed by atoms with Gasteiger partial charge in [0.05, 0.1) is 10.5 Å². The summed E-state index contributed by atoms with van der Waals surface area (Å²) < 4.78 is 0. The van der Waals surface area contributed by atoms with Crippen molar-refractivity contribution in [3.63, 3.8) is 0 Å². The van der Waals surface area contributed by atoms with Gasteiger partial charge in [-0.3, -0.25) is 10.1 Å². The van der Waals surface area contributed by atoms with E-state index in [1.54, 1.807) is 0 Å². The topological polar surface area (TPSA) is 112 Å². The van der Waals surface area contributed by atoms with Crippen LogP contribution in [0.5, 0.6) is 0 Å². The fourth-order valence-corrected chi connectivity index (χ4v) is 1.66. The minimum absolute atomic E-state index is 0.0864. The molecule has 1 atom stereocenters. The van der Waals surface area contributed by atoms with Crippen molar-refractivity contribution in [1.82, 2.24) is 4.98 Å². The molecule has 0 aliphatic carbocycles. The largest absolute Gasteiger partial charge is 0.396 e. The number of aromatic nitrogens is 1. The molecule has 0 fully saturated rings. The molecule has 0 saturated carbocycles. The molecule has 19 heavy (non-hydrogen) atoms. The number of nitro groups is 1. The number of nitrogens with one attached hydrogen (secondary N) is 1. The highest BCUT2D eigenvalue weighted by molar-refractivity contribution is 5.58. The van der Waals surface area contributed by atoms with Crippen molar-refractivity contribution in [2.75, 3.05) is 18.5 Å². The zero-order valence-electron chi connectivity index (χ0n) is 10.7. The van der Waals surface area contributed by atoms with Crippen LogP contribution in [0.2, 0.25) is 0 Å². The zero-order valence-corrected chi connectivity index (χ0v) is 10.7. The smallest absolute Gasteiger partial charge is 0.312 e. The highest BCUT2D eigenvalue weighted by atomic mass is 16.6. The van der Waals surface area contributed by atoms with Crippen LogP contribution in [0.25, 0.3) is 0 Å². The van der Waals surface area contributed by atoms with Crippen molar-refractivity contribution in [3.05, 3.63) is 27.9 Å². The lowest BCUT2D eigenvalue weighted by Gasteiger charge is -2.14. The highest BCUT2D eigenvalue weighted by Gasteiger charge is 2.17. The van der Waals surface area contributed by atoms with Crippen LogP contribution in [0.15, 0.2) is 12.3 Å². The minimum Gasteiger partial charge on any atom is -0.396 e. The zero-order chi connectivity index (χ0) is 14.3. The summed E-state index contributed by atoms with van der Waals surface area (Å²) in [4.78, 5) is 14.2. The maximum Gasteiger partial charge on any atom is 0.312 e. The summed E-state index contributed by atoms with van der Waals surface area (Å²) in [5, 5.41) is 31.4. The normalized spacial score (nSPS) is 11.6. The van der Waals surface area contributed by atoms with Gasteiger partial charge in [0.1, 0.15) is 6.07 Å². The van der Waals surface area contributed by atoms with Gasteiger partial charge in [-0.05, 0) is 12.3 Å².